The summed E-state index contributed by atoms with van der Waals surface area (Å²) in [7, 11) is 0. The average Bonchev–Trinajstić information content (AvgIpc) is 3.09. The lowest BCUT2D eigenvalue weighted by Crippen LogP contribution is -1.87. The molecule has 4 heteroatoms. The summed E-state index contributed by atoms with van der Waals surface area (Å²) in [5.74, 6) is 0.847. The third kappa shape index (κ3) is 2.56. The van der Waals surface area contributed by atoms with Crippen LogP contribution in [0.25, 0.3) is 11.0 Å². The first-order valence-electron chi connectivity index (χ1n) is 7.34. The van der Waals surface area contributed by atoms with Gasteiger partial charge in [0.15, 0.2) is 5.16 Å². The third-order valence-corrected chi connectivity index (χ3v) is 4.91. The maximum absolute atomic E-state index is 4.70. The monoisotopic (exact) mass is 295 g/mol. The summed E-state index contributed by atoms with van der Waals surface area (Å²) >= 11 is 1.71. The molecule has 0 saturated carbocycles. The Hall–Kier alpha value is -1.81. The number of aromatic nitrogens is 3. The zero-order valence-corrected chi connectivity index (χ0v) is 12.8. The number of pyridine rings is 1. The van der Waals surface area contributed by atoms with E-state index in [0.717, 1.165) is 27.6 Å². The van der Waals surface area contributed by atoms with Gasteiger partial charge in [0.1, 0.15) is 0 Å². The van der Waals surface area contributed by atoms with Crippen LogP contribution in [0.3, 0.4) is 0 Å². The Labute approximate surface area is 128 Å². The van der Waals surface area contributed by atoms with Crippen molar-refractivity contribution in [2.45, 2.75) is 37.1 Å². The van der Waals surface area contributed by atoms with Crippen molar-refractivity contribution in [2.75, 3.05) is 0 Å². The molecule has 0 bridgehead atoms. The quantitative estimate of drug-likeness (QED) is 0.741. The fourth-order valence-corrected chi connectivity index (χ4v) is 3.65. The Kier molecular flexibility index (Phi) is 3.19. The van der Waals surface area contributed by atoms with E-state index in [2.05, 4.69) is 41.2 Å². The van der Waals surface area contributed by atoms with Crippen molar-refractivity contribution < 1.29 is 0 Å². The number of rotatable bonds is 3. The summed E-state index contributed by atoms with van der Waals surface area (Å²) in [6, 6.07) is 8.72. The van der Waals surface area contributed by atoms with Crippen molar-refractivity contribution in [3.63, 3.8) is 0 Å². The fraction of sp³-hybridized carbons (Fsp3) is 0.294. The van der Waals surface area contributed by atoms with Crippen LogP contribution in [0.5, 0.6) is 0 Å². The third-order valence-electron chi connectivity index (χ3n) is 4.00. The van der Waals surface area contributed by atoms with E-state index in [1.54, 1.807) is 11.8 Å². The molecule has 0 unspecified atom stereocenters. The number of thioether (sulfide) groups is 1. The summed E-state index contributed by atoms with van der Waals surface area (Å²) in [5, 5.41) is 0.982. The molecule has 2 aromatic heterocycles. The molecule has 3 nitrogen and oxygen atoms in total. The minimum Gasteiger partial charge on any atom is -0.333 e. The topological polar surface area (TPSA) is 41.6 Å². The minimum absolute atomic E-state index is 0.847. The Morgan fingerprint density at radius 2 is 2.05 bits per heavy atom. The van der Waals surface area contributed by atoms with Crippen LogP contribution >= 0.6 is 11.8 Å². The van der Waals surface area contributed by atoms with Crippen molar-refractivity contribution >= 4 is 22.8 Å². The highest BCUT2D eigenvalue weighted by molar-refractivity contribution is 7.98. The molecule has 1 N–H and O–H groups in total. The van der Waals surface area contributed by atoms with Crippen LogP contribution in [-0.2, 0) is 18.6 Å². The second-order valence-electron chi connectivity index (χ2n) is 5.65. The Bertz CT molecular complexity index is 749. The average molecular weight is 295 g/mol. The van der Waals surface area contributed by atoms with E-state index in [4.69, 9.17) is 4.98 Å². The van der Waals surface area contributed by atoms with Crippen molar-refractivity contribution in [3.05, 3.63) is 52.8 Å². The van der Waals surface area contributed by atoms with E-state index >= 15 is 0 Å². The summed E-state index contributed by atoms with van der Waals surface area (Å²) < 4.78 is 0. The first-order chi connectivity index (χ1) is 10.3. The molecule has 1 aromatic carbocycles. The summed E-state index contributed by atoms with van der Waals surface area (Å²) in [6.07, 6.45) is 5.61. The molecule has 21 heavy (non-hydrogen) atoms. The predicted molar refractivity (Wildman–Crippen MR) is 86.7 cm³/mol. The second kappa shape index (κ2) is 5.19. The lowest BCUT2D eigenvalue weighted by Gasteiger charge is -1.98. The van der Waals surface area contributed by atoms with Crippen LogP contribution in [-0.4, -0.2) is 15.0 Å². The summed E-state index contributed by atoms with van der Waals surface area (Å²) in [6.45, 7) is 2.06. The van der Waals surface area contributed by atoms with Crippen molar-refractivity contribution in [1.29, 1.82) is 0 Å². The highest BCUT2D eigenvalue weighted by atomic mass is 32.2. The van der Waals surface area contributed by atoms with Crippen LogP contribution < -0.4 is 0 Å². The molecule has 106 valence electrons. The van der Waals surface area contributed by atoms with Gasteiger partial charge < -0.3 is 4.98 Å². The SMILES string of the molecule is Cc1ccc(CSc2nc3cc4c(cc3[nH]2)CCC4)nc1. The molecule has 3 aromatic rings. The Balaban J connectivity index is 1.55. The van der Waals surface area contributed by atoms with Crippen molar-refractivity contribution in [3.8, 4) is 0 Å². The predicted octanol–water partition coefficient (Wildman–Crippen LogP) is 4.05. The van der Waals surface area contributed by atoms with Gasteiger partial charge in [0, 0.05) is 11.9 Å². The number of H-pyrrole nitrogens is 1. The molecular formula is C17H17N3S. The number of imidazole rings is 1. The molecule has 0 aliphatic heterocycles. The van der Waals surface area contributed by atoms with Gasteiger partial charge in [0.05, 0.1) is 16.7 Å². The number of hydrogen-bond donors (Lipinski definition) is 1. The number of benzene rings is 1. The summed E-state index contributed by atoms with van der Waals surface area (Å²) in [5.41, 5.74) is 7.51. The van der Waals surface area contributed by atoms with Gasteiger partial charge in [-0.05, 0) is 61.1 Å². The molecule has 0 fully saturated rings. The van der Waals surface area contributed by atoms with E-state index < -0.39 is 0 Å². The largest absolute Gasteiger partial charge is 0.333 e. The molecular weight excluding hydrogens is 278 g/mol. The molecule has 0 spiro atoms. The Morgan fingerprint density at radius 3 is 2.86 bits per heavy atom. The maximum atomic E-state index is 4.70. The number of fused-ring (bicyclic) bond motifs is 2. The molecule has 0 atom stereocenters. The number of aryl methyl sites for hydroxylation is 3. The molecule has 1 aliphatic carbocycles. The zero-order chi connectivity index (χ0) is 14.2. The van der Waals surface area contributed by atoms with E-state index in [9.17, 15) is 0 Å². The van der Waals surface area contributed by atoms with E-state index in [1.807, 2.05) is 6.20 Å². The van der Waals surface area contributed by atoms with Gasteiger partial charge in [0.25, 0.3) is 0 Å². The zero-order valence-electron chi connectivity index (χ0n) is 12.0. The van der Waals surface area contributed by atoms with E-state index in [0.29, 0.717) is 0 Å². The maximum Gasteiger partial charge on any atom is 0.166 e. The van der Waals surface area contributed by atoms with Crippen LogP contribution in [0.1, 0.15) is 28.8 Å². The highest BCUT2D eigenvalue weighted by Gasteiger charge is 2.13. The molecule has 0 amide bonds. The lowest BCUT2D eigenvalue weighted by atomic mass is 10.1. The highest BCUT2D eigenvalue weighted by Crippen LogP contribution is 2.28. The van der Waals surface area contributed by atoms with E-state index in [1.165, 1.54) is 36.0 Å². The number of aromatic amines is 1. The second-order valence-corrected chi connectivity index (χ2v) is 6.61. The van der Waals surface area contributed by atoms with Gasteiger partial charge in [-0.2, -0.15) is 0 Å². The number of nitrogens with zero attached hydrogens (tertiary/aromatic N) is 2. The van der Waals surface area contributed by atoms with Crippen LogP contribution in [0, 0.1) is 6.92 Å². The van der Waals surface area contributed by atoms with E-state index in [-0.39, 0.29) is 0 Å². The first kappa shape index (κ1) is 12.9. The van der Waals surface area contributed by atoms with Gasteiger partial charge in [-0.25, -0.2) is 4.98 Å². The molecule has 2 heterocycles. The number of nitrogens with one attached hydrogen (secondary N) is 1. The van der Waals surface area contributed by atoms with Gasteiger partial charge >= 0.3 is 0 Å². The molecule has 0 radical (unpaired) electrons. The smallest absolute Gasteiger partial charge is 0.166 e. The molecule has 0 saturated heterocycles. The van der Waals surface area contributed by atoms with Crippen LogP contribution in [0.15, 0.2) is 35.6 Å². The van der Waals surface area contributed by atoms with Crippen LogP contribution in [0.4, 0.5) is 0 Å². The lowest BCUT2D eigenvalue weighted by molar-refractivity contribution is 0.911. The molecule has 1 aliphatic rings. The minimum atomic E-state index is 0.847. The first-order valence-corrected chi connectivity index (χ1v) is 8.32. The van der Waals surface area contributed by atoms with Gasteiger partial charge in [-0.1, -0.05) is 17.8 Å². The van der Waals surface area contributed by atoms with Gasteiger partial charge in [-0.15, -0.1) is 0 Å². The van der Waals surface area contributed by atoms with Gasteiger partial charge in [0.2, 0.25) is 0 Å². The summed E-state index contributed by atoms with van der Waals surface area (Å²) in [4.78, 5) is 12.6. The molecule has 4 rings (SSSR count). The standard InChI is InChI=1S/C17H17N3S/c1-11-5-6-14(18-9-11)10-21-17-19-15-7-12-3-2-4-13(12)8-16(15)20-17/h5-9H,2-4,10H2,1H3,(H,19,20). The number of hydrogen-bond acceptors (Lipinski definition) is 3. The van der Waals surface area contributed by atoms with Crippen molar-refractivity contribution in [1.82, 2.24) is 15.0 Å². The fourth-order valence-electron chi connectivity index (χ4n) is 2.85. The normalized spacial score (nSPS) is 13.8. The van der Waals surface area contributed by atoms with Gasteiger partial charge in [-0.3, -0.25) is 4.98 Å². The Morgan fingerprint density at radius 1 is 1.19 bits per heavy atom. The van der Waals surface area contributed by atoms with Crippen molar-refractivity contribution in [2.24, 2.45) is 0 Å². The van der Waals surface area contributed by atoms with Crippen LogP contribution in [0.2, 0.25) is 0 Å².